The van der Waals surface area contributed by atoms with Crippen LogP contribution in [0, 0.1) is 5.92 Å². The van der Waals surface area contributed by atoms with Crippen molar-refractivity contribution in [3.8, 4) is 0 Å². The first-order chi connectivity index (χ1) is 15.2. The molecule has 1 aliphatic rings. The van der Waals surface area contributed by atoms with Crippen LogP contribution in [0.25, 0.3) is 0 Å². The first kappa shape index (κ1) is 20.5. The number of piperidine rings is 1. The minimum atomic E-state index is -0.250. The van der Waals surface area contributed by atoms with E-state index in [1.165, 1.54) is 0 Å². The molecule has 1 heterocycles. The highest BCUT2D eigenvalue weighted by Crippen LogP contribution is 2.27. The number of para-hydroxylation sites is 4. The molecular formula is C25H26N4O2. The van der Waals surface area contributed by atoms with Gasteiger partial charge >= 0.3 is 6.03 Å². The van der Waals surface area contributed by atoms with Gasteiger partial charge in [-0.25, -0.2) is 4.79 Å². The number of urea groups is 1. The summed E-state index contributed by atoms with van der Waals surface area (Å²) in [6.45, 7) is 1.05. The average molecular weight is 415 g/mol. The molecule has 1 fully saturated rings. The second-order valence-electron chi connectivity index (χ2n) is 7.61. The second-order valence-corrected chi connectivity index (χ2v) is 7.61. The number of hydrogen-bond acceptors (Lipinski definition) is 3. The molecule has 1 aliphatic heterocycles. The summed E-state index contributed by atoms with van der Waals surface area (Å²) in [5.41, 5.74) is 3.25. The number of benzene rings is 3. The molecule has 3 amide bonds. The molecule has 6 heteroatoms. The van der Waals surface area contributed by atoms with Crippen molar-refractivity contribution >= 4 is 34.7 Å². The number of nitrogens with zero attached hydrogens (tertiary/aromatic N) is 1. The summed E-state index contributed by atoms with van der Waals surface area (Å²) in [6.07, 6.45) is 1.55. The van der Waals surface area contributed by atoms with Gasteiger partial charge in [-0.2, -0.15) is 0 Å². The van der Waals surface area contributed by atoms with E-state index in [0.717, 1.165) is 35.6 Å². The van der Waals surface area contributed by atoms with Crippen molar-refractivity contribution in [2.75, 3.05) is 29.0 Å². The Kier molecular flexibility index (Phi) is 6.47. The van der Waals surface area contributed by atoms with Gasteiger partial charge in [0.2, 0.25) is 5.91 Å². The van der Waals surface area contributed by atoms with Gasteiger partial charge in [-0.3, -0.25) is 4.79 Å². The molecule has 4 rings (SSSR count). The summed E-state index contributed by atoms with van der Waals surface area (Å²) >= 11 is 0. The van der Waals surface area contributed by atoms with E-state index in [4.69, 9.17) is 0 Å². The van der Waals surface area contributed by atoms with Gasteiger partial charge < -0.3 is 20.9 Å². The SMILES string of the molecule is O=C(Nc1ccccc1Nc1ccccc1)C1CCCN(C(=O)Nc2ccccc2)C1. The van der Waals surface area contributed by atoms with Crippen LogP contribution in [0.3, 0.4) is 0 Å². The second kappa shape index (κ2) is 9.80. The fourth-order valence-corrected chi connectivity index (χ4v) is 3.71. The lowest BCUT2D eigenvalue weighted by molar-refractivity contribution is -0.121. The third-order valence-electron chi connectivity index (χ3n) is 5.34. The van der Waals surface area contributed by atoms with Crippen LogP contribution in [0.4, 0.5) is 27.5 Å². The highest BCUT2D eigenvalue weighted by molar-refractivity contribution is 5.97. The molecule has 0 radical (unpaired) electrons. The molecule has 3 N–H and O–H groups in total. The van der Waals surface area contributed by atoms with Crippen molar-refractivity contribution < 1.29 is 9.59 Å². The largest absolute Gasteiger partial charge is 0.354 e. The van der Waals surface area contributed by atoms with E-state index in [1.54, 1.807) is 4.90 Å². The highest BCUT2D eigenvalue weighted by Gasteiger charge is 2.28. The van der Waals surface area contributed by atoms with Crippen molar-refractivity contribution in [1.82, 2.24) is 4.90 Å². The van der Waals surface area contributed by atoms with E-state index in [1.807, 2.05) is 84.9 Å². The monoisotopic (exact) mass is 414 g/mol. The van der Waals surface area contributed by atoms with Gasteiger partial charge in [-0.15, -0.1) is 0 Å². The number of hydrogen-bond donors (Lipinski definition) is 3. The Balaban J connectivity index is 1.39. The number of anilines is 4. The van der Waals surface area contributed by atoms with E-state index >= 15 is 0 Å². The summed E-state index contributed by atoms with van der Waals surface area (Å²) in [5.74, 6) is -0.320. The molecule has 6 nitrogen and oxygen atoms in total. The van der Waals surface area contributed by atoms with Crippen LogP contribution < -0.4 is 16.0 Å². The maximum Gasteiger partial charge on any atom is 0.321 e. The maximum absolute atomic E-state index is 13.0. The predicted octanol–water partition coefficient (Wildman–Crippen LogP) is 5.31. The van der Waals surface area contributed by atoms with Gasteiger partial charge in [-0.05, 0) is 49.2 Å². The molecule has 1 atom stereocenters. The Morgan fingerprint density at radius 1 is 0.742 bits per heavy atom. The fraction of sp³-hybridized carbons (Fsp3) is 0.200. The standard InChI is InChI=1S/C25H26N4O2/c30-24(28-23-16-8-7-15-22(23)26-20-11-3-1-4-12-20)19-10-9-17-29(18-19)25(31)27-21-13-5-2-6-14-21/h1-8,11-16,19,26H,9-10,17-18H2,(H,27,31)(H,28,30). The van der Waals surface area contributed by atoms with Crippen LogP contribution in [-0.4, -0.2) is 29.9 Å². The average Bonchev–Trinajstić information content (AvgIpc) is 2.82. The van der Waals surface area contributed by atoms with Crippen LogP contribution in [0.2, 0.25) is 0 Å². The summed E-state index contributed by atoms with van der Waals surface area (Å²) < 4.78 is 0. The molecule has 31 heavy (non-hydrogen) atoms. The van der Waals surface area contributed by atoms with Crippen molar-refractivity contribution in [2.45, 2.75) is 12.8 Å². The number of carbonyl (C=O) groups is 2. The van der Waals surface area contributed by atoms with Gasteiger partial charge in [0.1, 0.15) is 0 Å². The summed E-state index contributed by atoms with van der Waals surface area (Å²) in [4.78, 5) is 27.3. The molecule has 0 bridgehead atoms. The van der Waals surface area contributed by atoms with Crippen molar-refractivity contribution in [2.24, 2.45) is 5.92 Å². The topological polar surface area (TPSA) is 73.5 Å². The Morgan fingerprint density at radius 2 is 1.35 bits per heavy atom. The van der Waals surface area contributed by atoms with E-state index in [-0.39, 0.29) is 17.9 Å². The third kappa shape index (κ3) is 5.42. The number of likely N-dealkylation sites (tertiary alicyclic amines) is 1. The van der Waals surface area contributed by atoms with Crippen LogP contribution >= 0.6 is 0 Å². The maximum atomic E-state index is 13.0. The molecule has 0 spiro atoms. The Hall–Kier alpha value is -3.80. The van der Waals surface area contributed by atoms with Crippen molar-refractivity contribution in [1.29, 1.82) is 0 Å². The Morgan fingerprint density at radius 3 is 2.06 bits per heavy atom. The highest BCUT2D eigenvalue weighted by atomic mass is 16.2. The minimum Gasteiger partial charge on any atom is -0.354 e. The summed E-state index contributed by atoms with van der Waals surface area (Å²) in [5, 5.41) is 9.30. The number of amides is 3. The molecule has 1 saturated heterocycles. The lowest BCUT2D eigenvalue weighted by Crippen LogP contribution is -2.45. The molecule has 158 valence electrons. The van der Waals surface area contributed by atoms with Gasteiger partial charge in [0.15, 0.2) is 0 Å². The number of rotatable bonds is 5. The quantitative estimate of drug-likeness (QED) is 0.529. The number of nitrogens with one attached hydrogen (secondary N) is 3. The van der Waals surface area contributed by atoms with E-state index in [2.05, 4.69) is 16.0 Å². The van der Waals surface area contributed by atoms with Crippen molar-refractivity contribution in [3.63, 3.8) is 0 Å². The lowest BCUT2D eigenvalue weighted by Gasteiger charge is -2.32. The van der Waals surface area contributed by atoms with Gasteiger partial charge in [0.25, 0.3) is 0 Å². The first-order valence-corrected chi connectivity index (χ1v) is 10.5. The zero-order valence-electron chi connectivity index (χ0n) is 17.3. The molecule has 3 aromatic carbocycles. The van der Waals surface area contributed by atoms with Crippen LogP contribution in [0.1, 0.15) is 12.8 Å². The third-order valence-corrected chi connectivity index (χ3v) is 5.34. The lowest BCUT2D eigenvalue weighted by atomic mass is 9.97. The van der Waals surface area contributed by atoms with Gasteiger partial charge in [-0.1, -0.05) is 48.5 Å². The van der Waals surface area contributed by atoms with Crippen LogP contribution in [-0.2, 0) is 4.79 Å². The predicted molar refractivity (Wildman–Crippen MR) is 125 cm³/mol. The van der Waals surface area contributed by atoms with Gasteiger partial charge in [0.05, 0.1) is 17.3 Å². The Labute approximate surface area is 182 Å². The van der Waals surface area contributed by atoms with E-state index in [9.17, 15) is 9.59 Å². The van der Waals surface area contributed by atoms with Crippen LogP contribution in [0.5, 0.6) is 0 Å². The van der Waals surface area contributed by atoms with Gasteiger partial charge in [0, 0.05) is 24.5 Å². The van der Waals surface area contributed by atoms with Crippen molar-refractivity contribution in [3.05, 3.63) is 84.9 Å². The molecule has 1 unspecified atom stereocenters. The fourth-order valence-electron chi connectivity index (χ4n) is 3.71. The molecule has 0 aromatic heterocycles. The first-order valence-electron chi connectivity index (χ1n) is 10.5. The molecule has 0 saturated carbocycles. The minimum absolute atomic E-state index is 0.0699. The van der Waals surface area contributed by atoms with E-state index < -0.39 is 0 Å². The van der Waals surface area contributed by atoms with E-state index in [0.29, 0.717) is 13.1 Å². The Bertz CT molecular complexity index is 1020. The molecule has 0 aliphatic carbocycles. The summed E-state index contributed by atoms with van der Waals surface area (Å²) in [7, 11) is 0. The smallest absolute Gasteiger partial charge is 0.321 e. The molecule has 3 aromatic rings. The zero-order chi connectivity index (χ0) is 21.5. The molecular weight excluding hydrogens is 388 g/mol. The zero-order valence-corrected chi connectivity index (χ0v) is 17.3. The van der Waals surface area contributed by atoms with Crippen LogP contribution in [0.15, 0.2) is 84.9 Å². The normalized spacial score (nSPS) is 15.7. The summed E-state index contributed by atoms with van der Waals surface area (Å²) in [6, 6.07) is 26.7. The number of carbonyl (C=O) groups excluding carboxylic acids is 2.